The lowest BCUT2D eigenvalue weighted by Crippen LogP contribution is -2.62. The van der Waals surface area contributed by atoms with Crippen molar-refractivity contribution >= 4 is 44.5 Å². The number of amides is 1. The van der Waals surface area contributed by atoms with Crippen LogP contribution in [0.5, 0.6) is 0 Å². The van der Waals surface area contributed by atoms with Crippen molar-refractivity contribution in [1.82, 2.24) is 10.3 Å². The molecule has 0 bridgehead atoms. The maximum absolute atomic E-state index is 13.0. The van der Waals surface area contributed by atoms with E-state index in [0.717, 1.165) is 47.2 Å². The number of amidine groups is 1. The van der Waals surface area contributed by atoms with Crippen molar-refractivity contribution in [3.05, 3.63) is 40.9 Å². The number of anilines is 1. The van der Waals surface area contributed by atoms with E-state index in [4.69, 9.17) is 5.10 Å². The van der Waals surface area contributed by atoms with Crippen LogP contribution in [-0.2, 0) is 4.79 Å². The highest BCUT2D eigenvalue weighted by Crippen LogP contribution is 2.47. The molecule has 4 rings (SSSR count). The number of hydrogen-bond donors (Lipinski definition) is 2. The summed E-state index contributed by atoms with van der Waals surface area (Å²) in [7, 11) is 0. The van der Waals surface area contributed by atoms with Gasteiger partial charge < -0.3 is 10.6 Å². The van der Waals surface area contributed by atoms with Crippen LogP contribution >= 0.6 is 27.7 Å². The summed E-state index contributed by atoms with van der Waals surface area (Å²) in [4.78, 5) is 13.0. The number of hydrazone groups is 1. The van der Waals surface area contributed by atoms with Crippen LogP contribution < -0.4 is 10.6 Å². The number of thioether (sulfide) groups is 1. The molecule has 25 heavy (non-hydrogen) atoms. The van der Waals surface area contributed by atoms with Crippen molar-refractivity contribution in [2.75, 3.05) is 11.1 Å². The second-order valence-corrected chi connectivity index (χ2v) is 8.61. The normalized spacial score (nSPS) is 23.9. The van der Waals surface area contributed by atoms with Gasteiger partial charge in [-0.3, -0.25) is 9.80 Å². The minimum absolute atomic E-state index is 0.00707. The Bertz CT molecular complexity index is 745. The Balaban J connectivity index is 1.81. The average Bonchev–Trinajstić information content (AvgIpc) is 2.61. The van der Waals surface area contributed by atoms with Gasteiger partial charge >= 0.3 is 0 Å². The third kappa shape index (κ3) is 2.97. The highest BCUT2D eigenvalue weighted by atomic mass is 79.9. The fraction of sp³-hybridized carbons (Fsp3) is 0.444. The summed E-state index contributed by atoms with van der Waals surface area (Å²) in [5, 5.41) is 14.2. The minimum Gasteiger partial charge on any atom is -0.361 e. The maximum atomic E-state index is 13.0. The van der Waals surface area contributed by atoms with Gasteiger partial charge in [-0.05, 0) is 43.9 Å². The zero-order chi connectivity index (χ0) is 17.4. The molecule has 0 aromatic heterocycles. The van der Waals surface area contributed by atoms with E-state index in [1.54, 1.807) is 0 Å². The highest BCUT2D eigenvalue weighted by molar-refractivity contribution is 9.10. The summed E-state index contributed by atoms with van der Waals surface area (Å²) in [5.74, 6) is 0.715. The second-order valence-electron chi connectivity index (χ2n) is 6.69. The van der Waals surface area contributed by atoms with E-state index in [-0.39, 0.29) is 17.6 Å². The molecule has 2 aliphatic heterocycles. The Morgan fingerprint density at radius 2 is 2.20 bits per heavy atom. The van der Waals surface area contributed by atoms with Gasteiger partial charge in [-0.2, -0.15) is 0 Å². The van der Waals surface area contributed by atoms with Gasteiger partial charge in [0.15, 0.2) is 11.2 Å². The highest BCUT2D eigenvalue weighted by Gasteiger charge is 2.50. The molecule has 132 valence electrons. The smallest absolute Gasteiger partial charge is 0.255 e. The molecule has 5 nitrogen and oxygen atoms in total. The molecule has 1 atom stereocenters. The van der Waals surface area contributed by atoms with Crippen molar-refractivity contribution in [3.63, 3.8) is 0 Å². The standard InChI is InChI=1S/C18H21BrN4OS/c1-2-10-25-17-20-16(24)15-13-11-12(19)6-7-14(13)21-18(23(15)22-17)8-4-3-5-9-18/h2,6-7,11,15,21H,1,3-5,8-10H2,(H,20,22,24)/t15-/m0/s1. The minimum atomic E-state index is -0.389. The molecule has 0 saturated heterocycles. The lowest BCUT2D eigenvalue weighted by Gasteiger charge is -2.53. The van der Waals surface area contributed by atoms with Crippen molar-refractivity contribution in [3.8, 4) is 0 Å². The van der Waals surface area contributed by atoms with Gasteiger partial charge in [-0.25, -0.2) is 0 Å². The van der Waals surface area contributed by atoms with Crippen molar-refractivity contribution < 1.29 is 4.79 Å². The van der Waals surface area contributed by atoms with Crippen molar-refractivity contribution in [1.29, 1.82) is 0 Å². The third-order valence-corrected chi connectivity index (χ3v) is 6.41. The molecule has 1 aromatic rings. The van der Waals surface area contributed by atoms with Gasteiger partial charge in [-0.1, -0.05) is 40.2 Å². The molecule has 0 radical (unpaired) electrons. The van der Waals surface area contributed by atoms with E-state index in [1.807, 2.05) is 23.2 Å². The van der Waals surface area contributed by atoms with E-state index in [0.29, 0.717) is 5.17 Å². The third-order valence-electron chi connectivity index (χ3n) is 5.05. The lowest BCUT2D eigenvalue weighted by atomic mass is 9.83. The fourth-order valence-electron chi connectivity index (χ4n) is 3.96. The Labute approximate surface area is 160 Å². The first kappa shape index (κ1) is 17.0. The molecular weight excluding hydrogens is 400 g/mol. The Hall–Kier alpha value is -1.47. The Morgan fingerprint density at radius 1 is 1.40 bits per heavy atom. The Kier molecular flexibility index (Phi) is 4.54. The fourth-order valence-corrected chi connectivity index (χ4v) is 4.93. The van der Waals surface area contributed by atoms with E-state index in [9.17, 15) is 4.79 Å². The van der Waals surface area contributed by atoms with Crippen LogP contribution in [0.15, 0.2) is 40.4 Å². The van der Waals surface area contributed by atoms with Crippen LogP contribution in [0.2, 0.25) is 0 Å². The summed E-state index contributed by atoms with van der Waals surface area (Å²) < 4.78 is 0.969. The summed E-state index contributed by atoms with van der Waals surface area (Å²) in [6.07, 6.45) is 7.35. The van der Waals surface area contributed by atoms with E-state index in [1.165, 1.54) is 18.2 Å². The number of nitrogens with zero attached hydrogens (tertiary/aromatic N) is 2. The lowest BCUT2D eigenvalue weighted by molar-refractivity contribution is -0.130. The molecule has 1 saturated carbocycles. The first-order chi connectivity index (χ1) is 12.1. The molecule has 2 N–H and O–H groups in total. The number of benzene rings is 1. The van der Waals surface area contributed by atoms with Crippen LogP contribution in [0.3, 0.4) is 0 Å². The summed E-state index contributed by atoms with van der Waals surface area (Å²) in [5.41, 5.74) is 1.74. The second kappa shape index (κ2) is 6.68. The average molecular weight is 421 g/mol. The largest absolute Gasteiger partial charge is 0.361 e. The number of halogens is 1. The van der Waals surface area contributed by atoms with Gasteiger partial charge in [-0.15, -0.1) is 11.7 Å². The maximum Gasteiger partial charge on any atom is 0.255 e. The van der Waals surface area contributed by atoms with E-state index < -0.39 is 0 Å². The van der Waals surface area contributed by atoms with Crippen LogP contribution in [0.1, 0.15) is 43.7 Å². The quantitative estimate of drug-likeness (QED) is 0.703. The molecule has 1 spiro atoms. The number of nitrogens with one attached hydrogen (secondary N) is 2. The van der Waals surface area contributed by atoms with E-state index >= 15 is 0 Å². The predicted molar refractivity (Wildman–Crippen MR) is 106 cm³/mol. The van der Waals surface area contributed by atoms with Crippen molar-refractivity contribution in [2.24, 2.45) is 5.10 Å². The Morgan fingerprint density at radius 3 is 2.96 bits per heavy atom. The summed E-state index contributed by atoms with van der Waals surface area (Å²) in [6.45, 7) is 3.75. The number of hydrogen-bond acceptors (Lipinski definition) is 5. The van der Waals surface area contributed by atoms with E-state index in [2.05, 4.69) is 39.2 Å². The molecule has 1 amide bonds. The number of carbonyl (C=O) groups excluding carboxylic acids is 1. The first-order valence-corrected chi connectivity index (χ1v) is 10.4. The SMILES string of the molecule is C=CCSC1=NN2[C@H](C(=O)N1)c1cc(Br)ccc1NC21CCCCC1. The molecule has 1 fully saturated rings. The molecule has 0 unspecified atom stereocenters. The van der Waals surface area contributed by atoms with Crippen molar-refractivity contribution in [2.45, 2.75) is 43.8 Å². The predicted octanol–water partition coefficient (Wildman–Crippen LogP) is 4.20. The van der Waals surface area contributed by atoms with Crippen LogP contribution in [0.25, 0.3) is 0 Å². The van der Waals surface area contributed by atoms with Crippen LogP contribution in [0, 0.1) is 0 Å². The summed E-state index contributed by atoms with van der Waals surface area (Å²) >= 11 is 5.04. The number of fused-ring (bicyclic) bond motifs is 4. The van der Waals surface area contributed by atoms with Crippen LogP contribution in [-0.4, -0.2) is 27.5 Å². The van der Waals surface area contributed by atoms with Gasteiger partial charge in [0.2, 0.25) is 0 Å². The van der Waals surface area contributed by atoms with Gasteiger partial charge in [0.25, 0.3) is 5.91 Å². The number of rotatable bonds is 2. The molecule has 1 aliphatic carbocycles. The zero-order valence-corrected chi connectivity index (χ0v) is 16.3. The monoisotopic (exact) mass is 420 g/mol. The zero-order valence-electron chi connectivity index (χ0n) is 13.9. The van der Waals surface area contributed by atoms with Gasteiger partial charge in [0.05, 0.1) is 0 Å². The molecule has 7 heteroatoms. The molecule has 1 aromatic carbocycles. The molecule has 3 aliphatic rings. The molecular formula is C18H21BrN4OS. The number of carbonyl (C=O) groups is 1. The summed E-state index contributed by atoms with van der Waals surface area (Å²) in [6, 6.07) is 5.71. The molecule has 2 heterocycles. The first-order valence-electron chi connectivity index (χ1n) is 8.63. The topological polar surface area (TPSA) is 56.7 Å². The van der Waals surface area contributed by atoms with Gasteiger partial charge in [0.1, 0.15) is 5.66 Å². The van der Waals surface area contributed by atoms with Crippen LogP contribution in [0.4, 0.5) is 5.69 Å². The van der Waals surface area contributed by atoms with Gasteiger partial charge in [0, 0.05) is 21.5 Å².